The highest BCUT2D eigenvalue weighted by atomic mass is 79.9. The normalized spacial score (nSPS) is 15.2. The van der Waals surface area contributed by atoms with Crippen molar-refractivity contribution in [1.82, 2.24) is 14.8 Å². The molecule has 0 spiro atoms. The van der Waals surface area contributed by atoms with E-state index < -0.39 is 0 Å². The van der Waals surface area contributed by atoms with Gasteiger partial charge in [-0.2, -0.15) is 0 Å². The standard InChI is InChI=1S/C18H16BrN3/c1-18(2)11-13-5-3-4-6-15(13)17-21-20-16(22(17)18)12-7-9-14(19)10-8-12/h3-10H,11H2,1-2H3. The summed E-state index contributed by atoms with van der Waals surface area (Å²) >= 11 is 3.48. The largest absolute Gasteiger partial charge is 0.301 e. The van der Waals surface area contributed by atoms with Crippen molar-refractivity contribution in [2.75, 3.05) is 0 Å². The Labute approximate surface area is 138 Å². The molecule has 0 saturated carbocycles. The molecule has 4 rings (SSSR count). The molecule has 3 aromatic rings. The SMILES string of the molecule is CC1(C)Cc2ccccc2-c2nnc(-c3ccc(Br)cc3)n21. The van der Waals surface area contributed by atoms with Crippen LogP contribution in [-0.4, -0.2) is 14.8 Å². The van der Waals surface area contributed by atoms with Crippen LogP contribution in [0, 0.1) is 0 Å². The van der Waals surface area contributed by atoms with Crippen molar-refractivity contribution in [3.8, 4) is 22.8 Å². The first-order valence-electron chi connectivity index (χ1n) is 7.36. The lowest BCUT2D eigenvalue weighted by Crippen LogP contribution is -2.33. The van der Waals surface area contributed by atoms with E-state index in [1.165, 1.54) is 11.1 Å². The lowest BCUT2D eigenvalue weighted by atomic mass is 9.87. The first-order valence-corrected chi connectivity index (χ1v) is 8.16. The van der Waals surface area contributed by atoms with Crippen LogP contribution in [0.3, 0.4) is 0 Å². The highest BCUT2D eigenvalue weighted by molar-refractivity contribution is 9.10. The molecule has 4 heteroatoms. The topological polar surface area (TPSA) is 30.7 Å². The van der Waals surface area contributed by atoms with E-state index in [0.717, 1.165) is 28.1 Å². The highest BCUT2D eigenvalue weighted by Gasteiger charge is 2.34. The predicted molar refractivity (Wildman–Crippen MR) is 91.6 cm³/mol. The molecule has 2 aromatic carbocycles. The number of hydrogen-bond acceptors (Lipinski definition) is 2. The van der Waals surface area contributed by atoms with Crippen molar-refractivity contribution < 1.29 is 0 Å². The number of nitrogens with zero attached hydrogens (tertiary/aromatic N) is 3. The lowest BCUT2D eigenvalue weighted by molar-refractivity contribution is 0.351. The number of benzene rings is 2. The van der Waals surface area contributed by atoms with Crippen LogP contribution < -0.4 is 0 Å². The third-order valence-electron chi connectivity index (χ3n) is 4.25. The molecule has 1 aliphatic rings. The van der Waals surface area contributed by atoms with Gasteiger partial charge in [0.25, 0.3) is 0 Å². The average molecular weight is 354 g/mol. The van der Waals surface area contributed by atoms with Crippen molar-refractivity contribution in [3.63, 3.8) is 0 Å². The zero-order chi connectivity index (χ0) is 15.3. The smallest absolute Gasteiger partial charge is 0.165 e. The molecule has 22 heavy (non-hydrogen) atoms. The zero-order valence-corrected chi connectivity index (χ0v) is 14.1. The number of rotatable bonds is 1. The van der Waals surface area contributed by atoms with E-state index in [9.17, 15) is 0 Å². The second kappa shape index (κ2) is 4.78. The van der Waals surface area contributed by atoms with Crippen LogP contribution in [0.15, 0.2) is 53.0 Å². The summed E-state index contributed by atoms with van der Waals surface area (Å²) in [5.41, 5.74) is 3.58. The molecular weight excluding hydrogens is 338 g/mol. The van der Waals surface area contributed by atoms with Crippen molar-refractivity contribution >= 4 is 15.9 Å². The van der Waals surface area contributed by atoms with Crippen LogP contribution >= 0.6 is 15.9 Å². The molecule has 0 aliphatic carbocycles. The van der Waals surface area contributed by atoms with Crippen LogP contribution in [0.2, 0.25) is 0 Å². The van der Waals surface area contributed by atoms with Gasteiger partial charge in [-0.05, 0) is 38.0 Å². The molecule has 0 amide bonds. The molecule has 1 aliphatic heterocycles. The van der Waals surface area contributed by atoms with Crippen molar-refractivity contribution in [2.24, 2.45) is 0 Å². The molecule has 0 unspecified atom stereocenters. The van der Waals surface area contributed by atoms with E-state index in [-0.39, 0.29) is 5.54 Å². The molecule has 0 saturated heterocycles. The van der Waals surface area contributed by atoms with E-state index in [1.807, 2.05) is 12.1 Å². The van der Waals surface area contributed by atoms with Gasteiger partial charge in [-0.15, -0.1) is 10.2 Å². The summed E-state index contributed by atoms with van der Waals surface area (Å²) in [6.45, 7) is 4.50. The molecule has 0 atom stereocenters. The van der Waals surface area contributed by atoms with Gasteiger partial charge in [0, 0.05) is 21.1 Å². The van der Waals surface area contributed by atoms with Crippen molar-refractivity contribution in [3.05, 3.63) is 58.6 Å². The van der Waals surface area contributed by atoms with Gasteiger partial charge >= 0.3 is 0 Å². The summed E-state index contributed by atoms with van der Waals surface area (Å²) in [4.78, 5) is 0. The van der Waals surface area contributed by atoms with Crippen LogP contribution in [-0.2, 0) is 12.0 Å². The minimum atomic E-state index is -0.0460. The number of hydrogen-bond donors (Lipinski definition) is 0. The van der Waals surface area contributed by atoms with E-state index >= 15 is 0 Å². The zero-order valence-electron chi connectivity index (χ0n) is 12.5. The monoisotopic (exact) mass is 353 g/mol. The highest BCUT2D eigenvalue weighted by Crippen LogP contribution is 2.39. The molecule has 0 bridgehead atoms. The summed E-state index contributed by atoms with van der Waals surface area (Å²) in [5.74, 6) is 1.90. The third-order valence-corrected chi connectivity index (χ3v) is 4.78. The fraction of sp³-hybridized carbons (Fsp3) is 0.222. The van der Waals surface area contributed by atoms with Crippen molar-refractivity contribution in [2.45, 2.75) is 25.8 Å². The summed E-state index contributed by atoms with van der Waals surface area (Å²) < 4.78 is 3.35. The quantitative estimate of drug-likeness (QED) is 0.636. The second-order valence-electron chi connectivity index (χ2n) is 6.34. The van der Waals surface area contributed by atoms with Gasteiger partial charge < -0.3 is 4.57 Å². The minimum absolute atomic E-state index is 0.0460. The maximum atomic E-state index is 4.49. The van der Waals surface area contributed by atoms with Gasteiger partial charge in [0.05, 0.1) is 0 Å². The molecule has 2 heterocycles. The third kappa shape index (κ3) is 2.02. The van der Waals surface area contributed by atoms with E-state index in [0.29, 0.717) is 0 Å². The van der Waals surface area contributed by atoms with E-state index in [1.54, 1.807) is 0 Å². The van der Waals surface area contributed by atoms with Gasteiger partial charge in [-0.25, -0.2) is 0 Å². The average Bonchev–Trinajstić information content (AvgIpc) is 2.94. The number of fused-ring (bicyclic) bond motifs is 3. The second-order valence-corrected chi connectivity index (χ2v) is 7.25. The van der Waals surface area contributed by atoms with Crippen molar-refractivity contribution in [1.29, 1.82) is 0 Å². The molecular formula is C18H16BrN3. The Morgan fingerprint density at radius 1 is 0.955 bits per heavy atom. The van der Waals surface area contributed by atoms with Crippen LogP contribution in [0.1, 0.15) is 19.4 Å². The van der Waals surface area contributed by atoms with Crippen LogP contribution in [0.25, 0.3) is 22.8 Å². The first-order chi connectivity index (χ1) is 10.6. The van der Waals surface area contributed by atoms with E-state index in [2.05, 4.69) is 80.9 Å². The molecule has 110 valence electrons. The Kier molecular flexibility index (Phi) is 2.98. The Morgan fingerprint density at radius 2 is 1.64 bits per heavy atom. The van der Waals surface area contributed by atoms with Gasteiger partial charge in [0.1, 0.15) is 0 Å². The molecule has 0 N–H and O–H groups in total. The predicted octanol–water partition coefficient (Wildman–Crippen LogP) is 4.67. The fourth-order valence-electron chi connectivity index (χ4n) is 3.26. The molecule has 1 aromatic heterocycles. The van der Waals surface area contributed by atoms with Crippen LogP contribution in [0.5, 0.6) is 0 Å². The van der Waals surface area contributed by atoms with Gasteiger partial charge in [0.2, 0.25) is 0 Å². The number of halogens is 1. The van der Waals surface area contributed by atoms with Crippen LogP contribution in [0.4, 0.5) is 0 Å². The van der Waals surface area contributed by atoms with Gasteiger partial charge in [0.15, 0.2) is 11.6 Å². The Morgan fingerprint density at radius 3 is 2.41 bits per heavy atom. The Bertz CT molecular complexity index is 847. The summed E-state index contributed by atoms with van der Waals surface area (Å²) in [7, 11) is 0. The Balaban J connectivity index is 1.96. The lowest BCUT2D eigenvalue weighted by Gasteiger charge is -2.34. The Hall–Kier alpha value is -1.94. The maximum Gasteiger partial charge on any atom is 0.165 e. The fourth-order valence-corrected chi connectivity index (χ4v) is 3.52. The first kappa shape index (κ1) is 13.7. The van der Waals surface area contributed by atoms with E-state index in [4.69, 9.17) is 0 Å². The summed E-state index contributed by atoms with van der Waals surface area (Å²) in [5, 5.41) is 8.98. The van der Waals surface area contributed by atoms with Gasteiger partial charge in [-0.3, -0.25) is 0 Å². The maximum absolute atomic E-state index is 4.49. The molecule has 3 nitrogen and oxygen atoms in total. The molecule has 0 fully saturated rings. The number of aromatic nitrogens is 3. The van der Waals surface area contributed by atoms with Gasteiger partial charge in [-0.1, -0.05) is 52.3 Å². The molecule has 0 radical (unpaired) electrons. The minimum Gasteiger partial charge on any atom is -0.301 e. The summed E-state index contributed by atoms with van der Waals surface area (Å²) in [6.07, 6.45) is 0.984. The summed E-state index contributed by atoms with van der Waals surface area (Å²) in [6, 6.07) is 16.7.